The van der Waals surface area contributed by atoms with Crippen molar-refractivity contribution >= 4 is 28.9 Å². The van der Waals surface area contributed by atoms with Gasteiger partial charge in [0.2, 0.25) is 0 Å². The number of carbonyl (C=O) groups is 1. The molecule has 1 heterocycles. The number of halogens is 1. The van der Waals surface area contributed by atoms with E-state index in [-0.39, 0.29) is 6.61 Å². The summed E-state index contributed by atoms with van der Waals surface area (Å²) >= 11 is 6.36. The van der Waals surface area contributed by atoms with Crippen LogP contribution in [0.2, 0.25) is 5.02 Å². The summed E-state index contributed by atoms with van der Waals surface area (Å²) in [7, 11) is 0. The number of para-hydroxylation sites is 3. The second-order valence-corrected chi connectivity index (χ2v) is 7.96. The summed E-state index contributed by atoms with van der Waals surface area (Å²) in [6, 6.07) is 20.0. The van der Waals surface area contributed by atoms with Crippen LogP contribution < -0.4 is 9.47 Å². The lowest BCUT2D eigenvalue weighted by Crippen LogP contribution is -2.07. The molecule has 4 aromatic rings. The quantitative estimate of drug-likeness (QED) is 0.305. The van der Waals surface area contributed by atoms with Gasteiger partial charge in [-0.05, 0) is 48.4 Å². The summed E-state index contributed by atoms with van der Waals surface area (Å²) < 4.78 is 13.9. The highest BCUT2D eigenvalue weighted by molar-refractivity contribution is 6.32. The maximum atomic E-state index is 10.6. The van der Waals surface area contributed by atoms with Crippen molar-refractivity contribution in [3.63, 3.8) is 0 Å². The van der Waals surface area contributed by atoms with E-state index in [1.54, 1.807) is 0 Å². The molecule has 0 aliphatic rings. The summed E-state index contributed by atoms with van der Waals surface area (Å²) in [5.41, 5.74) is 5.00. The zero-order valence-electron chi connectivity index (χ0n) is 18.2. The number of fused-ring (bicyclic) bond motifs is 1. The summed E-state index contributed by atoms with van der Waals surface area (Å²) in [5, 5.41) is 0.469. The standard InChI is InChI=1S/C26H25ClN2O3/c1-3-25-28-22-9-5-6-10-23(22)29(25)16-20-8-4-7-11-24(20)32-17-19-14-18(2)26(21(27)15-19)31-13-12-30/h4-12,14-15H,3,13,16-17H2,1-2H3. The van der Waals surface area contributed by atoms with Gasteiger partial charge in [0.05, 0.1) is 22.6 Å². The lowest BCUT2D eigenvalue weighted by Gasteiger charge is -2.15. The van der Waals surface area contributed by atoms with Gasteiger partial charge in [0.1, 0.15) is 30.5 Å². The molecular weight excluding hydrogens is 424 g/mol. The molecule has 0 radical (unpaired) electrons. The van der Waals surface area contributed by atoms with E-state index in [4.69, 9.17) is 26.1 Å². The van der Waals surface area contributed by atoms with E-state index in [2.05, 4.69) is 23.6 Å². The maximum Gasteiger partial charge on any atom is 0.157 e. The van der Waals surface area contributed by atoms with Gasteiger partial charge in [-0.25, -0.2) is 4.98 Å². The number of aromatic nitrogens is 2. The predicted molar refractivity (Wildman–Crippen MR) is 127 cm³/mol. The first-order chi connectivity index (χ1) is 15.6. The topological polar surface area (TPSA) is 53.4 Å². The second-order valence-electron chi connectivity index (χ2n) is 7.55. The highest BCUT2D eigenvalue weighted by atomic mass is 35.5. The summed E-state index contributed by atoms with van der Waals surface area (Å²) in [6.07, 6.45) is 1.56. The number of hydrogen-bond acceptors (Lipinski definition) is 4. The van der Waals surface area contributed by atoms with Crippen molar-refractivity contribution < 1.29 is 14.3 Å². The average molecular weight is 449 g/mol. The van der Waals surface area contributed by atoms with Gasteiger partial charge in [0, 0.05) is 12.0 Å². The first kappa shape index (κ1) is 21.9. The summed E-state index contributed by atoms with van der Waals surface area (Å²) in [5.74, 6) is 2.40. The third-order valence-corrected chi connectivity index (χ3v) is 5.61. The van der Waals surface area contributed by atoms with Crippen molar-refractivity contribution in [2.24, 2.45) is 0 Å². The van der Waals surface area contributed by atoms with E-state index < -0.39 is 0 Å². The number of aryl methyl sites for hydroxylation is 2. The smallest absolute Gasteiger partial charge is 0.157 e. The van der Waals surface area contributed by atoms with Gasteiger partial charge in [-0.15, -0.1) is 0 Å². The van der Waals surface area contributed by atoms with E-state index in [1.165, 1.54) is 0 Å². The molecule has 0 saturated heterocycles. The molecule has 0 aliphatic carbocycles. The number of ether oxygens (including phenoxy) is 2. The highest BCUT2D eigenvalue weighted by Gasteiger charge is 2.13. The number of nitrogens with zero attached hydrogens (tertiary/aromatic N) is 2. The van der Waals surface area contributed by atoms with Crippen LogP contribution in [0.25, 0.3) is 11.0 Å². The Hall–Kier alpha value is -3.31. The van der Waals surface area contributed by atoms with Crippen LogP contribution in [-0.4, -0.2) is 22.4 Å². The van der Waals surface area contributed by atoms with Gasteiger partial charge in [0.15, 0.2) is 6.29 Å². The summed E-state index contributed by atoms with van der Waals surface area (Å²) in [6.45, 7) is 5.05. The predicted octanol–water partition coefficient (Wildman–Crippen LogP) is 5.77. The normalized spacial score (nSPS) is 11.0. The fourth-order valence-electron chi connectivity index (χ4n) is 3.86. The number of benzene rings is 3. The first-order valence-corrected chi connectivity index (χ1v) is 11.0. The lowest BCUT2D eigenvalue weighted by molar-refractivity contribution is -0.109. The summed E-state index contributed by atoms with van der Waals surface area (Å²) in [4.78, 5) is 15.4. The van der Waals surface area contributed by atoms with Crippen molar-refractivity contribution in [1.29, 1.82) is 0 Å². The number of hydrogen-bond donors (Lipinski definition) is 0. The SMILES string of the molecule is CCc1nc2ccccc2n1Cc1ccccc1OCc1cc(C)c(OCC=O)c(Cl)c1. The molecule has 4 rings (SSSR count). The van der Waals surface area contributed by atoms with Gasteiger partial charge in [-0.1, -0.05) is 48.9 Å². The Balaban J connectivity index is 1.56. The minimum absolute atomic E-state index is 0.0214. The van der Waals surface area contributed by atoms with Crippen LogP contribution in [0.5, 0.6) is 11.5 Å². The molecule has 0 fully saturated rings. The molecule has 0 amide bonds. The Morgan fingerprint density at radius 1 is 1.06 bits per heavy atom. The van der Waals surface area contributed by atoms with Crippen molar-refractivity contribution in [3.8, 4) is 11.5 Å². The van der Waals surface area contributed by atoms with Crippen LogP contribution in [0.4, 0.5) is 0 Å². The fraction of sp³-hybridized carbons (Fsp3) is 0.231. The van der Waals surface area contributed by atoms with E-state index >= 15 is 0 Å². The molecule has 32 heavy (non-hydrogen) atoms. The molecule has 3 aromatic carbocycles. The van der Waals surface area contributed by atoms with Crippen molar-refractivity contribution in [2.75, 3.05) is 6.61 Å². The molecular formula is C26H25ClN2O3. The van der Waals surface area contributed by atoms with Crippen molar-refractivity contribution in [1.82, 2.24) is 9.55 Å². The van der Waals surface area contributed by atoms with Gasteiger partial charge in [-0.2, -0.15) is 0 Å². The molecule has 0 unspecified atom stereocenters. The molecule has 0 aliphatic heterocycles. The third kappa shape index (κ3) is 4.63. The Morgan fingerprint density at radius 3 is 2.62 bits per heavy atom. The van der Waals surface area contributed by atoms with E-state index in [9.17, 15) is 4.79 Å². The number of aldehydes is 1. The number of rotatable bonds is 9. The molecule has 0 bridgehead atoms. The van der Waals surface area contributed by atoms with Crippen molar-refractivity contribution in [3.05, 3.63) is 88.2 Å². The number of imidazole rings is 1. The van der Waals surface area contributed by atoms with Crippen LogP contribution in [0.1, 0.15) is 29.4 Å². The molecule has 5 nitrogen and oxygen atoms in total. The van der Waals surface area contributed by atoms with Crippen LogP contribution in [0, 0.1) is 6.92 Å². The van der Waals surface area contributed by atoms with Crippen LogP contribution >= 0.6 is 11.6 Å². The minimum Gasteiger partial charge on any atom is -0.489 e. The fourth-order valence-corrected chi connectivity index (χ4v) is 4.21. The van der Waals surface area contributed by atoms with Crippen LogP contribution in [0.3, 0.4) is 0 Å². The van der Waals surface area contributed by atoms with Crippen molar-refractivity contribution in [2.45, 2.75) is 33.4 Å². The van der Waals surface area contributed by atoms with E-state index in [0.29, 0.717) is 30.2 Å². The van der Waals surface area contributed by atoms with Gasteiger partial charge < -0.3 is 14.0 Å². The molecule has 164 valence electrons. The Labute approximate surface area is 192 Å². The Morgan fingerprint density at radius 2 is 1.84 bits per heavy atom. The first-order valence-electron chi connectivity index (χ1n) is 10.6. The van der Waals surface area contributed by atoms with Gasteiger partial charge in [-0.3, -0.25) is 4.79 Å². The highest BCUT2D eigenvalue weighted by Crippen LogP contribution is 2.31. The van der Waals surface area contributed by atoms with Gasteiger partial charge in [0.25, 0.3) is 0 Å². The Kier molecular flexibility index (Phi) is 6.76. The van der Waals surface area contributed by atoms with Crippen LogP contribution in [0.15, 0.2) is 60.7 Å². The van der Waals surface area contributed by atoms with E-state index in [1.807, 2.05) is 55.5 Å². The molecule has 0 N–H and O–H groups in total. The zero-order valence-corrected chi connectivity index (χ0v) is 18.9. The third-order valence-electron chi connectivity index (χ3n) is 5.33. The number of carbonyl (C=O) groups excluding carboxylic acids is 1. The second kappa shape index (κ2) is 9.88. The lowest BCUT2D eigenvalue weighted by atomic mass is 10.1. The average Bonchev–Trinajstić information content (AvgIpc) is 3.15. The van der Waals surface area contributed by atoms with Crippen LogP contribution in [-0.2, 0) is 24.4 Å². The Bertz CT molecular complexity index is 1230. The maximum absolute atomic E-state index is 10.6. The zero-order chi connectivity index (χ0) is 22.5. The molecule has 0 atom stereocenters. The minimum atomic E-state index is -0.0214. The van der Waals surface area contributed by atoms with Gasteiger partial charge >= 0.3 is 0 Å². The largest absolute Gasteiger partial charge is 0.489 e. The molecule has 6 heteroatoms. The van der Waals surface area contributed by atoms with E-state index in [0.717, 1.165) is 45.7 Å². The molecule has 0 saturated carbocycles. The monoisotopic (exact) mass is 448 g/mol. The molecule has 0 spiro atoms. The molecule has 1 aromatic heterocycles.